The van der Waals surface area contributed by atoms with Gasteiger partial charge in [-0.05, 0) is 19.3 Å². The van der Waals surface area contributed by atoms with E-state index in [1.807, 2.05) is 6.08 Å². The van der Waals surface area contributed by atoms with Gasteiger partial charge in [-0.25, -0.2) is 4.79 Å². The molecule has 0 spiro atoms. The molecule has 6 heterocycles. The number of hydrogen-bond acceptors (Lipinski definition) is 35. The van der Waals surface area contributed by atoms with Crippen molar-refractivity contribution in [3.05, 3.63) is 12.2 Å². The van der Waals surface area contributed by atoms with E-state index in [2.05, 4.69) is 29.8 Å². The summed E-state index contributed by atoms with van der Waals surface area (Å²) in [6.07, 6.45) is -29.1. The van der Waals surface area contributed by atoms with Crippen LogP contribution in [0.15, 0.2) is 12.2 Å². The Morgan fingerprint density at radius 3 is 1.28 bits per heavy atom. The molecule has 39 heteroatoms. The van der Waals surface area contributed by atoms with Crippen molar-refractivity contribution in [3.8, 4) is 0 Å². The lowest BCUT2D eigenvalue weighted by atomic mass is 9.88. The van der Waals surface area contributed by atoms with E-state index >= 15 is 0 Å². The van der Waals surface area contributed by atoms with Crippen LogP contribution in [0.3, 0.4) is 0 Å². The number of aliphatic hydroxyl groups excluding tert-OH is 19. The van der Waals surface area contributed by atoms with Crippen molar-refractivity contribution in [2.24, 2.45) is 0 Å². The van der Waals surface area contributed by atoms with Crippen LogP contribution in [0.4, 0.5) is 0 Å². The molecule has 33 atom stereocenters. The van der Waals surface area contributed by atoms with E-state index in [1.165, 1.54) is 96.3 Å². The van der Waals surface area contributed by atoms with E-state index in [-0.39, 0.29) is 12.3 Å². The summed E-state index contributed by atoms with van der Waals surface area (Å²) in [6, 6.07) is -4.67. The topological polar surface area (TPSA) is 620 Å². The Kier molecular flexibility index (Phi) is 45.5. The van der Waals surface area contributed by atoms with Crippen molar-refractivity contribution in [2.75, 3.05) is 46.2 Å². The number of carboxylic acid groups (broad SMARTS) is 1. The highest BCUT2D eigenvalue weighted by molar-refractivity contribution is 5.77. The number of carboxylic acids is 1. The van der Waals surface area contributed by atoms with Crippen LogP contribution >= 0.6 is 0 Å². The number of rotatable bonds is 53. The van der Waals surface area contributed by atoms with Gasteiger partial charge in [0, 0.05) is 26.7 Å². The van der Waals surface area contributed by atoms with Crippen LogP contribution in [-0.2, 0) is 76.0 Å². The van der Waals surface area contributed by atoms with Gasteiger partial charge in [-0.3, -0.25) is 14.4 Å². The zero-order valence-electron chi connectivity index (χ0n) is 67.1. The summed E-state index contributed by atoms with van der Waals surface area (Å²) in [6.45, 7) is -0.657. The first-order valence-corrected chi connectivity index (χ1v) is 41.6. The van der Waals surface area contributed by atoms with Gasteiger partial charge in [0.25, 0.3) is 5.79 Å². The van der Waals surface area contributed by atoms with Gasteiger partial charge in [0.2, 0.25) is 17.7 Å². The van der Waals surface area contributed by atoms with Gasteiger partial charge >= 0.3 is 5.97 Å². The predicted octanol–water partition coefficient (Wildman–Crippen LogP) is -4.00. The highest BCUT2D eigenvalue weighted by atomic mass is 16.8. The van der Waals surface area contributed by atoms with Gasteiger partial charge in [0.15, 0.2) is 31.5 Å². The molecule has 23 N–H and O–H groups in total. The molecule has 0 bridgehead atoms. The molecule has 0 aromatic heterocycles. The molecule has 6 saturated heterocycles. The molecular weight excluding hydrogens is 1540 g/mol. The number of unbranched alkanes of at least 4 members (excludes halogenated alkanes) is 23. The van der Waals surface area contributed by atoms with E-state index in [4.69, 9.17) is 56.8 Å². The number of aliphatic carboxylic acids is 1. The molecule has 12 unspecified atom stereocenters. The van der Waals surface area contributed by atoms with Crippen molar-refractivity contribution in [2.45, 2.75) is 403 Å². The second-order valence-corrected chi connectivity index (χ2v) is 31.4. The average Bonchev–Trinajstić information content (AvgIpc) is 0.763. The van der Waals surface area contributed by atoms with Gasteiger partial charge in [0.05, 0.1) is 70.5 Å². The number of aliphatic hydroxyl groups is 19. The first-order valence-electron chi connectivity index (χ1n) is 41.6. The number of allylic oxidation sites excluding steroid dienone is 1. The fourth-order valence-electron chi connectivity index (χ4n) is 15.4. The second-order valence-electron chi connectivity index (χ2n) is 31.4. The Hall–Kier alpha value is -3.62. The van der Waals surface area contributed by atoms with Gasteiger partial charge < -0.3 is 175 Å². The molecule has 3 amide bonds. The lowest BCUT2D eigenvalue weighted by molar-refractivity contribution is -0.395. The Morgan fingerprint density at radius 2 is 0.836 bits per heavy atom. The van der Waals surface area contributed by atoms with Crippen molar-refractivity contribution >= 4 is 23.7 Å². The third-order valence-corrected chi connectivity index (χ3v) is 22.2. The standard InChI is InChI=1S/C77H137N3O36/c1-5-7-9-11-13-15-17-19-21-23-25-27-29-31-44(89)43(80-52(92)32-30-28-26-24-22-20-18-16-14-12-10-8-6-2)40-105-72-61(99)60(98)66(51(39-86)110-72)112-74-62(100)68(56(94)47(35-82)107-74)113-71-54(79-42(4)88)59(97)65(50(38-85)109-71)111-73-63(101)69(57(95)48(36-83)106-73)114-75-64(102)70(58(96)49(37-84)108-75)116-77(76(103)104)33-45(90)53(78-41(3)87)67(115-77)55(93)46(91)34-81/h29,31,43-51,53-75,81-86,89-91,93-102H,5-28,30,32-40H2,1-4H3,(H,78,87)(H,79,88)(H,80,92)(H,103,104)/b31-29+/t43-,44+,45?,46+,47?,48?,49?,50?,51?,53+,54?,55+,56-,57-,58-,59+,60+,61?,62?,63?,64?,65+,66+,67?,68-,69-,70-,71-,72+,73-,74-,75-,77-/m0/s1. The normalized spacial score (nSPS) is 36.9. The summed E-state index contributed by atoms with van der Waals surface area (Å²) >= 11 is 0. The molecule has 116 heavy (non-hydrogen) atoms. The molecule has 0 radical (unpaired) electrons. The molecule has 6 rings (SSSR count). The zero-order valence-corrected chi connectivity index (χ0v) is 67.1. The molecular formula is C77H137N3O36. The maximum Gasteiger partial charge on any atom is 0.364 e. The minimum Gasteiger partial charge on any atom is -0.477 e. The zero-order chi connectivity index (χ0) is 85.3. The summed E-state index contributed by atoms with van der Waals surface area (Å²) in [4.78, 5) is 51.8. The first kappa shape index (κ1) is 101. The Bertz CT molecular complexity index is 2800. The maximum atomic E-state index is 13.5. The number of hydrogen-bond donors (Lipinski definition) is 23. The minimum atomic E-state index is -3.23. The summed E-state index contributed by atoms with van der Waals surface area (Å²) in [5.41, 5.74) is 0. The quantitative estimate of drug-likeness (QED) is 0.0204. The molecule has 0 aliphatic carbocycles. The highest BCUT2D eigenvalue weighted by Gasteiger charge is 2.62. The van der Waals surface area contributed by atoms with Crippen molar-refractivity contribution in [1.29, 1.82) is 0 Å². The third kappa shape index (κ3) is 29.3. The summed E-state index contributed by atoms with van der Waals surface area (Å²) < 4.78 is 70.4. The largest absolute Gasteiger partial charge is 0.477 e. The molecule has 6 fully saturated rings. The van der Waals surface area contributed by atoms with Gasteiger partial charge in [-0.2, -0.15) is 0 Å². The fraction of sp³-hybridized carbons (Fsp3) is 0.922. The first-order chi connectivity index (χ1) is 55.5. The van der Waals surface area contributed by atoms with Gasteiger partial charge in [-0.1, -0.05) is 167 Å². The molecule has 676 valence electrons. The number of amides is 3. The Morgan fingerprint density at radius 1 is 0.448 bits per heavy atom. The van der Waals surface area contributed by atoms with Crippen LogP contribution in [0.5, 0.6) is 0 Å². The third-order valence-electron chi connectivity index (χ3n) is 22.2. The Balaban J connectivity index is 1.12. The lowest BCUT2D eigenvalue weighted by Gasteiger charge is -2.51. The van der Waals surface area contributed by atoms with Crippen molar-refractivity contribution < 1.29 is 178 Å². The summed E-state index contributed by atoms with van der Waals surface area (Å²) in [5.74, 6) is -7.43. The monoisotopic (exact) mass is 1680 g/mol. The summed E-state index contributed by atoms with van der Waals surface area (Å²) in [5, 5.41) is 231. The molecule has 6 aliphatic heterocycles. The number of carbonyl (C=O) groups excluding carboxylic acids is 3. The van der Waals surface area contributed by atoms with E-state index in [1.54, 1.807) is 6.08 Å². The van der Waals surface area contributed by atoms with Crippen LogP contribution in [0.1, 0.15) is 201 Å². The second kappa shape index (κ2) is 52.1. The summed E-state index contributed by atoms with van der Waals surface area (Å²) in [7, 11) is 0. The molecule has 0 saturated carbocycles. The lowest BCUT2D eigenvalue weighted by Crippen LogP contribution is -2.71. The van der Waals surface area contributed by atoms with E-state index in [0.717, 1.165) is 65.2 Å². The van der Waals surface area contributed by atoms with Crippen LogP contribution in [-0.4, -0.2) is 374 Å². The van der Waals surface area contributed by atoms with E-state index in [9.17, 15) is 121 Å². The SMILES string of the molecule is CCCCCCCCCCCCC/C=C/[C@@H](O)[C@H](CO[C@@H]1OC(CO)[C@@H](O[C@@H]2OC(CO)[C@H](O)[C@H](O[C@@H]3OC(CO)[C@@H](O[C@@H]4OC(CO)[C@H](O)[C@H](O[C@@H]5OC(CO)[C@H](O)[C@H](O[C@]6(C(=O)O)CC(O)[C@@H](NC(C)=O)C([C@H](O)[C@H](O)CO)O6)C5O)C4O)[C@H](O)C3NC(C)=O)C2O)[C@H](O)C1O)NC(=O)CCCCCCCCCCCCCCC. The number of ether oxygens (including phenoxy) is 12. The van der Waals surface area contributed by atoms with Crippen molar-refractivity contribution in [3.63, 3.8) is 0 Å². The van der Waals surface area contributed by atoms with E-state index < -0.39 is 272 Å². The molecule has 0 aromatic rings. The molecule has 6 aliphatic rings. The van der Waals surface area contributed by atoms with E-state index in [0.29, 0.717) is 12.8 Å². The Labute approximate surface area is 676 Å². The van der Waals surface area contributed by atoms with Gasteiger partial charge in [0.1, 0.15) is 140 Å². The van der Waals surface area contributed by atoms with Crippen LogP contribution in [0, 0.1) is 0 Å². The van der Waals surface area contributed by atoms with Crippen LogP contribution < -0.4 is 16.0 Å². The molecule has 39 nitrogen and oxygen atoms in total. The fourth-order valence-corrected chi connectivity index (χ4v) is 15.4. The highest BCUT2D eigenvalue weighted by Crippen LogP contribution is 2.41. The average molecular weight is 1680 g/mol. The van der Waals surface area contributed by atoms with Gasteiger partial charge in [-0.15, -0.1) is 0 Å². The number of carbonyl (C=O) groups is 4. The molecule has 0 aromatic carbocycles. The van der Waals surface area contributed by atoms with Crippen molar-refractivity contribution in [1.82, 2.24) is 16.0 Å². The smallest absolute Gasteiger partial charge is 0.364 e. The number of nitrogens with one attached hydrogen (secondary N) is 3. The van der Waals surface area contributed by atoms with Crippen LogP contribution in [0.2, 0.25) is 0 Å². The predicted molar refractivity (Wildman–Crippen MR) is 402 cm³/mol. The minimum absolute atomic E-state index is 0.162. The maximum absolute atomic E-state index is 13.5. The van der Waals surface area contributed by atoms with Crippen LogP contribution in [0.25, 0.3) is 0 Å².